The predicted molar refractivity (Wildman–Crippen MR) is 102 cm³/mol. The minimum absolute atomic E-state index is 0.587. The van der Waals surface area contributed by atoms with E-state index in [0.29, 0.717) is 11.6 Å². The average molecular weight is 348 g/mol. The van der Waals surface area contributed by atoms with E-state index in [2.05, 4.69) is 12.2 Å². The van der Waals surface area contributed by atoms with Crippen molar-refractivity contribution in [2.24, 2.45) is 0 Å². The number of hydrogen-bond acceptors (Lipinski definition) is 3. The van der Waals surface area contributed by atoms with Gasteiger partial charge in [-0.25, -0.2) is 0 Å². The van der Waals surface area contributed by atoms with Crippen LogP contribution >= 0.6 is 11.6 Å². The lowest BCUT2D eigenvalue weighted by atomic mass is 10.2. The fourth-order valence-electron chi connectivity index (χ4n) is 2.31. The molecule has 0 fully saturated rings. The number of ether oxygens (including phenoxy) is 2. The van der Waals surface area contributed by atoms with E-state index >= 15 is 0 Å². The summed E-state index contributed by atoms with van der Waals surface area (Å²) in [5, 5.41) is 4.06. The summed E-state index contributed by atoms with van der Waals surface area (Å²) in [5.41, 5.74) is 1.04. The van der Waals surface area contributed by atoms with Gasteiger partial charge in [0.25, 0.3) is 0 Å². The number of benzene rings is 2. The smallest absolute Gasteiger partial charge is 0.121 e. The molecule has 0 atom stereocenters. The number of nitrogens with one attached hydrogen (secondary N) is 1. The van der Waals surface area contributed by atoms with Gasteiger partial charge in [0.2, 0.25) is 0 Å². The summed E-state index contributed by atoms with van der Waals surface area (Å²) >= 11 is 5.85. The number of hydrogen-bond donors (Lipinski definition) is 1. The molecule has 0 saturated heterocycles. The van der Waals surface area contributed by atoms with Crippen molar-refractivity contribution in [1.29, 1.82) is 0 Å². The molecule has 2 aromatic rings. The molecule has 0 aliphatic rings. The second-order valence-corrected chi connectivity index (χ2v) is 6.10. The maximum Gasteiger partial charge on any atom is 0.121 e. The van der Waals surface area contributed by atoms with E-state index in [0.717, 1.165) is 36.8 Å². The van der Waals surface area contributed by atoms with Gasteiger partial charge in [-0.15, -0.1) is 0 Å². The van der Waals surface area contributed by atoms with Gasteiger partial charge in [0.1, 0.15) is 18.1 Å². The Kier molecular flexibility index (Phi) is 8.33. The topological polar surface area (TPSA) is 30.5 Å². The van der Waals surface area contributed by atoms with E-state index in [4.69, 9.17) is 21.1 Å². The first-order valence-corrected chi connectivity index (χ1v) is 9.01. The van der Waals surface area contributed by atoms with Crippen LogP contribution in [0, 0.1) is 0 Å². The van der Waals surface area contributed by atoms with Crippen LogP contribution in [0.2, 0.25) is 5.02 Å². The Morgan fingerprint density at radius 2 is 1.67 bits per heavy atom. The van der Waals surface area contributed by atoms with Crippen molar-refractivity contribution in [2.45, 2.75) is 32.6 Å². The molecule has 0 spiro atoms. The molecule has 1 N–H and O–H groups in total. The van der Waals surface area contributed by atoms with Crippen LogP contribution in [0.3, 0.4) is 0 Å². The lowest BCUT2D eigenvalue weighted by Gasteiger charge is -2.11. The Bertz CT molecular complexity index is 586. The predicted octanol–water partition coefficient (Wildman–Crippen LogP) is 5.79. The molecule has 0 unspecified atom stereocenters. The SMILES string of the molecule is CCCCCCOc1cccc(NCCOc2ccc(Cl)cc2)c1. The van der Waals surface area contributed by atoms with E-state index < -0.39 is 0 Å². The van der Waals surface area contributed by atoms with Crippen LogP contribution in [0.4, 0.5) is 5.69 Å². The van der Waals surface area contributed by atoms with Crippen LogP contribution in [-0.2, 0) is 0 Å². The largest absolute Gasteiger partial charge is 0.494 e. The molecule has 3 nitrogen and oxygen atoms in total. The molecule has 24 heavy (non-hydrogen) atoms. The third kappa shape index (κ3) is 7.14. The minimum atomic E-state index is 0.587. The third-order valence-electron chi connectivity index (χ3n) is 3.61. The molecular formula is C20H26ClNO2. The zero-order valence-corrected chi connectivity index (χ0v) is 15.0. The van der Waals surface area contributed by atoms with Crippen molar-refractivity contribution in [1.82, 2.24) is 0 Å². The lowest BCUT2D eigenvalue weighted by molar-refractivity contribution is 0.305. The van der Waals surface area contributed by atoms with Crippen LogP contribution in [0.1, 0.15) is 32.6 Å². The van der Waals surface area contributed by atoms with E-state index in [1.54, 1.807) is 0 Å². The van der Waals surface area contributed by atoms with E-state index in [1.807, 2.05) is 48.5 Å². The molecule has 0 aliphatic heterocycles. The fourth-order valence-corrected chi connectivity index (χ4v) is 2.44. The van der Waals surface area contributed by atoms with Gasteiger partial charge in [-0.3, -0.25) is 0 Å². The molecule has 0 radical (unpaired) electrons. The van der Waals surface area contributed by atoms with E-state index in [-0.39, 0.29) is 0 Å². The quantitative estimate of drug-likeness (QED) is 0.522. The van der Waals surface area contributed by atoms with Gasteiger partial charge in [-0.2, -0.15) is 0 Å². The molecule has 2 rings (SSSR count). The van der Waals surface area contributed by atoms with Crippen LogP contribution in [-0.4, -0.2) is 19.8 Å². The first-order chi connectivity index (χ1) is 11.8. The number of unbranched alkanes of at least 4 members (excludes halogenated alkanes) is 3. The molecule has 2 aromatic carbocycles. The van der Waals surface area contributed by atoms with Gasteiger partial charge in [0.05, 0.1) is 6.61 Å². The van der Waals surface area contributed by atoms with Crippen molar-refractivity contribution in [3.05, 3.63) is 53.6 Å². The molecule has 4 heteroatoms. The highest BCUT2D eigenvalue weighted by atomic mass is 35.5. The molecule has 0 saturated carbocycles. The summed E-state index contributed by atoms with van der Waals surface area (Å²) in [5.74, 6) is 1.74. The molecule has 0 amide bonds. The Balaban J connectivity index is 1.67. The molecular weight excluding hydrogens is 322 g/mol. The van der Waals surface area contributed by atoms with Crippen LogP contribution in [0.5, 0.6) is 11.5 Å². The average Bonchev–Trinajstić information content (AvgIpc) is 2.60. The summed E-state index contributed by atoms with van der Waals surface area (Å²) in [6.07, 6.45) is 4.87. The Morgan fingerprint density at radius 3 is 2.46 bits per heavy atom. The van der Waals surface area contributed by atoms with E-state index in [9.17, 15) is 0 Å². The third-order valence-corrected chi connectivity index (χ3v) is 3.87. The standard InChI is InChI=1S/C20H26ClNO2/c1-2-3-4-5-14-23-20-8-6-7-18(16-20)22-13-15-24-19-11-9-17(21)10-12-19/h6-12,16,22H,2-5,13-15H2,1H3. The van der Waals surface area contributed by atoms with Crippen LogP contribution in [0.25, 0.3) is 0 Å². The van der Waals surface area contributed by atoms with Gasteiger partial charge < -0.3 is 14.8 Å². The second-order valence-electron chi connectivity index (χ2n) is 5.67. The molecule has 0 heterocycles. The van der Waals surface area contributed by atoms with Crippen molar-refractivity contribution < 1.29 is 9.47 Å². The number of rotatable bonds is 11. The van der Waals surface area contributed by atoms with Crippen molar-refractivity contribution in [2.75, 3.05) is 25.1 Å². The van der Waals surface area contributed by atoms with Crippen molar-refractivity contribution in [3.8, 4) is 11.5 Å². The van der Waals surface area contributed by atoms with Crippen LogP contribution < -0.4 is 14.8 Å². The monoisotopic (exact) mass is 347 g/mol. The van der Waals surface area contributed by atoms with Crippen molar-refractivity contribution in [3.63, 3.8) is 0 Å². The summed E-state index contributed by atoms with van der Waals surface area (Å²) in [7, 11) is 0. The molecule has 0 aliphatic carbocycles. The molecule has 0 bridgehead atoms. The highest BCUT2D eigenvalue weighted by Crippen LogP contribution is 2.18. The van der Waals surface area contributed by atoms with Gasteiger partial charge in [-0.05, 0) is 42.8 Å². The zero-order chi connectivity index (χ0) is 17.0. The Labute approximate surface area is 149 Å². The fraction of sp³-hybridized carbons (Fsp3) is 0.400. The minimum Gasteiger partial charge on any atom is -0.494 e. The molecule has 130 valence electrons. The maximum absolute atomic E-state index is 5.85. The van der Waals surface area contributed by atoms with Crippen molar-refractivity contribution >= 4 is 17.3 Å². The molecule has 0 aromatic heterocycles. The maximum atomic E-state index is 5.85. The Hall–Kier alpha value is -1.87. The van der Waals surface area contributed by atoms with Gasteiger partial charge in [0, 0.05) is 23.3 Å². The highest BCUT2D eigenvalue weighted by molar-refractivity contribution is 6.30. The number of anilines is 1. The normalized spacial score (nSPS) is 10.4. The Morgan fingerprint density at radius 1 is 0.875 bits per heavy atom. The summed E-state index contributed by atoms with van der Waals surface area (Å²) in [6, 6.07) is 15.5. The van der Waals surface area contributed by atoms with E-state index in [1.165, 1.54) is 19.3 Å². The van der Waals surface area contributed by atoms with Gasteiger partial charge in [-0.1, -0.05) is 43.9 Å². The van der Waals surface area contributed by atoms with Gasteiger partial charge in [0.15, 0.2) is 0 Å². The summed E-state index contributed by atoms with van der Waals surface area (Å²) < 4.78 is 11.5. The first kappa shape index (κ1) is 18.5. The number of halogens is 1. The first-order valence-electron chi connectivity index (χ1n) is 8.63. The van der Waals surface area contributed by atoms with Crippen LogP contribution in [0.15, 0.2) is 48.5 Å². The zero-order valence-electron chi connectivity index (χ0n) is 14.3. The lowest BCUT2D eigenvalue weighted by Crippen LogP contribution is -2.11. The van der Waals surface area contributed by atoms with Gasteiger partial charge >= 0.3 is 0 Å². The summed E-state index contributed by atoms with van der Waals surface area (Å²) in [4.78, 5) is 0. The summed E-state index contributed by atoms with van der Waals surface area (Å²) in [6.45, 7) is 4.31. The highest BCUT2D eigenvalue weighted by Gasteiger charge is 1.98. The second kappa shape index (κ2) is 10.8.